The molecule has 1 saturated heterocycles. The number of nitrogens with one attached hydrogen (secondary N) is 1. The second kappa shape index (κ2) is 10.2. The first-order valence-corrected chi connectivity index (χ1v) is 12.4. The smallest absolute Gasteiger partial charge is 0.394 e. The van der Waals surface area contributed by atoms with E-state index in [0.29, 0.717) is 41.7 Å². The zero-order chi connectivity index (χ0) is 26.2. The Morgan fingerprint density at radius 1 is 1.28 bits per heavy atom. The molecular weight excluding hydrogens is 506 g/mol. The maximum Gasteiger partial charge on any atom is 0.394 e. The number of carbonyl (C=O) groups excluding carboxylic acids is 2. The van der Waals surface area contributed by atoms with Crippen molar-refractivity contribution in [2.24, 2.45) is 11.8 Å². The van der Waals surface area contributed by atoms with E-state index < -0.39 is 17.9 Å². The van der Waals surface area contributed by atoms with Crippen LogP contribution in [0.3, 0.4) is 0 Å². The van der Waals surface area contributed by atoms with Gasteiger partial charge in [-0.05, 0) is 57.9 Å². The number of ether oxygens (including phenoxy) is 1. The van der Waals surface area contributed by atoms with Gasteiger partial charge in [-0.15, -0.1) is 14.3 Å². The Morgan fingerprint density at radius 3 is 2.69 bits per heavy atom. The molecule has 0 spiro atoms. The average Bonchev–Trinajstić information content (AvgIpc) is 3.40. The maximum absolute atomic E-state index is 13.6. The van der Waals surface area contributed by atoms with E-state index in [-0.39, 0.29) is 24.1 Å². The first kappa shape index (κ1) is 26.1. The number of anilines is 1. The molecule has 1 N–H and O–H groups in total. The van der Waals surface area contributed by atoms with Crippen LogP contribution in [-0.4, -0.2) is 39.2 Å². The summed E-state index contributed by atoms with van der Waals surface area (Å²) >= 11 is 0. The van der Waals surface area contributed by atoms with Crippen molar-refractivity contribution in [2.45, 2.75) is 33.3 Å². The van der Waals surface area contributed by atoms with Gasteiger partial charge in [0.05, 0.1) is 29.4 Å². The molecule has 12 heteroatoms. The molecule has 8 nitrogen and oxygen atoms in total. The summed E-state index contributed by atoms with van der Waals surface area (Å²) in [5, 5.41) is 8.22. The van der Waals surface area contributed by atoms with Crippen molar-refractivity contribution in [3.8, 4) is 22.7 Å². The van der Waals surface area contributed by atoms with Gasteiger partial charge in [-0.1, -0.05) is 6.92 Å². The summed E-state index contributed by atoms with van der Waals surface area (Å²) in [5.41, 5.74) is 2.43. The summed E-state index contributed by atoms with van der Waals surface area (Å²) < 4.78 is 34.9. The third-order valence-electron chi connectivity index (χ3n) is 5.89. The maximum atomic E-state index is 13.6. The molecule has 1 aliphatic heterocycles. The lowest BCUT2D eigenvalue weighted by Crippen LogP contribution is -2.33. The van der Waals surface area contributed by atoms with Crippen molar-refractivity contribution >= 4 is 41.6 Å². The van der Waals surface area contributed by atoms with Crippen molar-refractivity contribution < 1.29 is 23.1 Å². The summed E-state index contributed by atoms with van der Waals surface area (Å²) in [5.74, 6) is -1.01. The second-order valence-corrected chi connectivity index (χ2v) is 9.98. The number of aryl methyl sites for hydroxylation is 1. The molecule has 3 heterocycles. The second-order valence-electron chi connectivity index (χ2n) is 8.80. The van der Waals surface area contributed by atoms with Crippen molar-refractivity contribution in [3.05, 3.63) is 48.3 Å². The highest BCUT2D eigenvalue weighted by atomic mass is 31.0. The van der Waals surface area contributed by atoms with Crippen LogP contribution in [0.5, 0.6) is 5.75 Å². The Kier molecular flexibility index (Phi) is 7.39. The van der Waals surface area contributed by atoms with Crippen molar-refractivity contribution in [2.75, 3.05) is 11.2 Å². The zero-order valence-electron chi connectivity index (χ0n) is 20.0. The Labute approximate surface area is 212 Å². The van der Waals surface area contributed by atoms with E-state index in [1.165, 1.54) is 16.8 Å². The number of hydrogen-bond donors (Lipinski definition) is 1. The van der Waals surface area contributed by atoms with E-state index in [9.17, 15) is 18.4 Å². The molecule has 3 aromatic rings. The molecule has 0 radical (unpaired) electrons. The van der Waals surface area contributed by atoms with Crippen LogP contribution in [0, 0.1) is 18.8 Å². The molecule has 2 amide bonds. The van der Waals surface area contributed by atoms with Gasteiger partial charge < -0.3 is 10.1 Å². The van der Waals surface area contributed by atoms with Crippen LogP contribution in [0.4, 0.5) is 14.6 Å². The molecule has 0 bridgehead atoms. The van der Waals surface area contributed by atoms with Gasteiger partial charge in [0.1, 0.15) is 5.75 Å². The van der Waals surface area contributed by atoms with Gasteiger partial charge in [0, 0.05) is 31.3 Å². The van der Waals surface area contributed by atoms with Gasteiger partial charge in [0.15, 0.2) is 5.82 Å². The zero-order valence-corrected chi connectivity index (χ0v) is 22.3. The van der Waals surface area contributed by atoms with Crippen LogP contribution < -0.4 is 20.0 Å². The van der Waals surface area contributed by atoms with E-state index >= 15 is 0 Å². The van der Waals surface area contributed by atoms with Crippen LogP contribution in [0.1, 0.15) is 25.8 Å². The number of rotatable bonds is 7. The Bertz CT molecular complexity index is 1310. The fraction of sp³-hybridized carbons (Fsp3) is 0.333. The number of hydrogen-bond acceptors (Lipinski definition) is 5. The molecule has 190 valence electrons. The van der Waals surface area contributed by atoms with Crippen molar-refractivity contribution in [1.82, 2.24) is 20.1 Å². The highest BCUT2D eigenvalue weighted by Crippen LogP contribution is 2.34. The minimum Gasteiger partial charge on any atom is -0.433 e. The SMILES string of the molecule is CC[C@H]1C(=O)NC[C@@H]1C(=O)N(P)c1cc(-c2cc(C)cc(OC(C)(F)F)c2)n(-c2cncc(P)c2)n1. The highest BCUT2D eigenvalue weighted by molar-refractivity contribution is 7.27. The number of benzene rings is 1. The van der Waals surface area contributed by atoms with Crippen molar-refractivity contribution in [1.29, 1.82) is 0 Å². The monoisotopic (exact) mass is 533 g/mol. The third-order valence-corrected chi connectivity index (χ3v) is 6.72. The van der Waals surface area contributed by atoms with Crippen molar-refractivity contribution in [3.63, 3.8) is 0 Å². The number of carbonyl (C=O) groups is 2. The minimum absolute atomic E-state index is 0.00450. The van der Waals surface area contributed by atoms with E-state index in [0.717, 1.165) is 5.30 Å². The molecule has 2 aromatic heterocycles. The first-order valence-electron chi connectivity index (χ1n) is 11.3. The van der Waals surface area contributed by atoms with Crippen LogP contribution in [-0.2, 0) is 9.59 Å². The normalized spacial score (nSPS) is 17.7. The number of amides is 2. The van der Waals surface area contributed by atoms with E-state index in [4.69, 9.17) is 4.74 Å². The van der Waals surface area contributed by atoms with Gasteiger partial charge in [-0.3, -0.25) is 19.2 Å². The van der Waals surface area contributed by atoms with Gasteiger partial charge in [-0.25, -0.2) is 4.68 Å². The molecule has 36 heavy (non-hydrogen) atoms. The van der Waals surface area contributed by atoms with Gasteiger partial charge in [-0.2, -0.15) is 8.78 Å². The molecule has 1 aliphatic rings. The molecule has 1 aromatic carbocycles. The van der Waals surface area contributed by atoms with Gasteiger partial charge in [0.25, 0.3) is 0 Å². The van der Waals surface area contributed by atoms with Crippen LogP contribution in [0.2, 0.25) is 0 Å². The predicted molar refractivity (Wildman–Crippen MR) is 140 cm³/mol. The fourth-order valence-electron chi connectivity index (χ4n) is 4.30. The van der Waals surface area contributed by atoms with Gasteiger partial charge in [0.2, 0.25) is 11.8 Å². The molecular formula is C24H27F2N5O3P2. The van der Waals surface area contributed by atoms with Crippen LogP contribution in [0.25, 0.3) is 16.9 Å². The Morgan fingerprint density at radius 2 is 2.03 bits per heavy atom. The van der Waals surface area contributed by atoms with E-state index in [2.05, 4.69) is 34.0 Å². The summed E-state index contributed by atoms with van der Waals surface area (Å²) in [6.45, 7) is 4.59. The highest BCUT2D eigenvalue weighted by Gasteiger charge is 2.40. The molecule has 2 unspecified atom stereocenters. The minimum atomic E-state index is -3.35. The standard InChI is InChI=1S/C24H27F2N5O3P2/c1-4-18-19(12-28-22(18)32)23(33)31(36)21-9-20(30(29-21)15-8-17(35)11-27-10-15)14-5-13(2)6-16(7-14)34-24(3,25)26/h5-11,18-19H,4,12,35-36H2,1-3H3,(H,28,32)/t18-,19+/m1/s1. The number of nitrogens with zero attached hydrogens (tertiary/aromatic N) is 4. The molecule has 1 fully saturated rings. The number of pyridine rings is 1. The lowest BCUT2D eigenvalue weighted by atomic mass is 9.92. The average molecular weight is 533 g/mol. The quantitative estimate of drug-likeness (QED) is 0.469. The largest absolute Gasteiger partial charge is 0.433 e. The topological polar surface area (TPSA) is 89.4 Å². The molecule has 4 rings (SSSR count). The number of alkyl halides is 2. The summed E-state index contributed by atoms with van der Waals surface area (Å²) in [6, 6.07) is 8.37. The lowest BCUT2D eigenvalue weighted by Gasteiger charge is -2.20. The number of halogens is 2. The third kappa shape index (κ3) is 5.55. The van der Waals surface area contributed by atoms with Crippen LogP contribution in [0.15, 0.2) is 42.7 Å². The fourth-order valence-corrected chi connectivity index (χ4v) is 4.87. The molecule has 0 saturated carbocycles. The van der Waals surface area contributed by atoms with E-state index in [1.54, 1.807) is 30.1 Å². The first-order chi connectivity index (χ1) is 17.0. The summed E-state index contributed by atoms with van der Waals surface area (Å²) in [7, 11) is 4.94. The lowest BCUT2D eigenvalue weighted by molar-refractivity contribution is -0.158. The summed E-state index contributed by atoms with van der Waals surface area (Å²) in [6.07, 6.45) is 0.477. The number of aromatic nitrogens is 3. The van der Waals surface area contributed by atoms with Gasteiger partial charge >= 0.3 is 6.11 Å². The van der Waals surface area contributed by atoms with Crippen LogP contribution >= 0.6 is 18.6 Å². The Balaban J connectivity index is 1.79. The predicted octanol–water partition coefficient (Wildman–Crippen LogP) is 3.63. The molecule has 4 atom stereocenters. The summed E-state index contributed by atoms with van der Waals surface area (Å²) in [4.78, 5) is 29.7. The Hall–Kier alpha value is -2.96. The van der Waals surface area contributed by atoms with E-state index in [1.807, 2.05) is 19.1 Å². The molecule has 0 aliphatic carbocycles.